The molecule has 94 valence electrons. The van der Waals surface area contributed by atoms with E-state index in [9.17, 15) is 0 Å². The first-order valence-electron chi connectivity index (χ1n) is 6.55. The van der Waals surface area contributed by atoms with Crippen LogP contribution in [0.3, 0.4) is 0 Å². The van der Waals surface area contributed by atoms with Crippen LogP contribution in [0, 0.1) is 11.8 Å². The zero-order valence-corrected chi connectivity index (χ0v) is 10.6. The Morgan fingerprint density at radius 3 is 2.71 bits per heavy atom. The van der Waals surface area contributed by atoms with E-state index in [-0.39, 0.29) is 0 Å². The number of rotatable bonds is 3. The maximum atomic E-state index is 4.39. The summed E-state index contributed by atoms with van der Waals surface area (Å²) in [5, 5.41) is 7.77. The van der Waals surface area contributed by atoms with Crippen LogP contribution in [0.2, 0.25) is 0 Å². The lowest BCUT2D eigenvalue weighted by Gasteiger charge is -2.17. The standard InChI is InChI=1S/C12H21N5/c1-9(2)17-12(14-8-15-17)7-16-5-10-3-13-4-11(10)6-16/h8-11,13H,3-7H2,1-2H3/t10-,11+. The quantitative estimate of drug-likeness (QED) is 0.829. The molecule has 2 aliphatic rings. The Hall–Kier alpha value is -0.940. The highest BCUT2D eigenvalue weighted by Crippen LogP contribution is 2.27. The molecule has 0 aromatic carbocycles. The molecule has 0 unspecified atom stereocenters. The van der Waals surface area contributed by atoms with Crippen LogP contribution in [0.15, 0.2) is 6.33 Å². The predicted octanol–water partition coefficient (Wildman–Crippen LogP) is 0.510. The van der Waals surface area contributed by atoms with Gasteiger partial charge in [-0.25, -0.2) is 9.67 Å². The molecule has 0 bridgehead atoms. The van der Waals surface area contributed by atoms with Gasteiger partial charge in [0.1, 0.15) is 12.2 Å². The van der Waals surface area contributed by atoms with Gasteiger partial charge in [0.05, 0.1) is 6.54 Å². The molecule has 0 amide bonds. The fourth-order valence-corrected chi connectivity index (χ4v) is 3.10. The second-order valence-corrected chi connectivity index (χ2v) is 5.59. The van der Waals surface area contributed by atoms with Gasteiger partial charge in [0.2, 0.25) is 0 Å². The van der Waals surface area contributed by atoms with E-state index in [2.05, 4.69) is 34.1 Å². The Labute approximate surface area is 102 Å². The van der Waals surface area contributed by atoms with Crippen molar-refractivity contribution in [1.29, 1.82) is 0 Å². The van der Waals surface area contributed by atoms with Crippen molar-refractivity contribution in [3.05, 3.63) is 12.2 Å². The third-order valence-corrected chi connectivity index (χ3v) is 3.97. The van der Waals surface area contributed by atoms with Crippen molar-refractivity contribution in [3.63, 3.8) is 0 Å². The van der Waals surface area contributed by atoms with Crippen molar-refractivity contribution in [2.45, 2.75) is 26.4 Å². The summed E-state index contributed by atoms with van der Waals surface area (Å²) in [6, 6.07) is 0.399. The Kier molecular flexibility index (Phi) is 2.88. The number of hydrogen-bond donors (Lipinski definition) is 1. The van der Waals surface area contributed by atoms with E-state index in [0.29, 0.717) is 6.04 Å². The number of aromatic nitrogens is 3. The van der Waals surface area contributed by atoms with Gasteiger partial charge in [-0.1, -0.05) is 0 Å². The molecule has 17 heavy (non-hydrogen) atoms. The topological polar surface area (TPSA) is 46.0 Å². The van der Waals surface area contributed by atoms with Gasteiger partial charge in [-0.2, -0.15) is 5.10 Å². The van der Waals surface area contributed by atoms with Gasteiger partial charge >= 0.3 is 0 Å². The minimum Gasteiger partial charge on any atom is -0.316 e. The minimum absolute atomic E-state index is 0.399. The van der Waals surface area contributed by atoms with Crippen molar-refractivity contribution in [2.24, 2.45) is 11.8 Å². The molecule has 5 heteroatoms. The molecular weight excluding hydrogens is 214 g/mol. The first kappa shape index (κ1) is 11.2. The lowest BCUT2D eigenvalue weighted by molar-refractivity contribution is 0.287. The summed E-state index contributed by atoms with van der Waals surface area (Å²) >= 11 is 0. The molecule has 1 N–H and O–H groups in total. The number of hydrogen-bond acceptors (Lipinski definition) is 4. The van der Waals surface area contributed by atoms with Crippen LogP contribution in [-0.2, 0) is 6.54 Å². The van der Waals surface area contributed by atoms with E-state index in [1.807, 2.05) is 4.68 Å². The van der Waals surface area contributed by atoms with Crippen molar-refractivity contribution in [1.82, 2.24) is 25.0 Å². The summed E-state index contributed by atoms with van der Waals surface area (Å²) in [6.45, 7) is 10.1. The Balaban J connectivity index is 1.65. The lowest BCUT2D eigenvalue weighted by Crippen LogP contribution is -2.27. The number of nitrogens with one attached hydrogen (secondary N) is 1. The molecule has 0 saturated carbocycles. The second kappa shape index (κ2) is 4.38. The predicted molar refractivity (Wildman–Crippen MR) is 65.5 cm³/mol. The molecule has 0 radical (unpaired) electrons. The van der Waals surface area contributed by atoms with E-state index in [0.717, 1.165) is 24.2 Å². The molecule has 3 heterocycles. The van der Waals surface area contributed by atoms with E-state index in [1.165, 1.54) is 26.2 Å². The molecule has 2 aliphatic heterocycles. The summed E-state index contributed by atoms with van der Waals surface area (Å²) in [6.07, 6.45) is 1.67. The van der Waals surface area contributed by atoms with Crippen LogP contribution < -0.4 is 5.32 Å². The number of nitrogens with zero attached hydrogens (tertiary/aromatic N) is 4. The average molecular weight is 235 g/mol. The second-order valence-electron chi connectivity index (χ2n) is 5.59. The largest absolute Gasteiger partial charge is 0.316 e. The third-order valence-electron chi connectivity index (χ3n) is 3.97. The fourth-order valence-electron chi connectivity index (χ4n) is 3.10. The van der Waals surface area contributed by atoms with Crippen LogP contribution in [0.4, 0.5) is 0 Å². The highest BCUT2D eigenvalue weighted by molar-refractivity contribution is 4.94. The molecular formula is C12H21N5. The molecule has 2 atom stereocenters. The molecule has 0 spiro atoms. The van der Waals surface area contributed by atoms with Gasteiger partial charge < -0.3 is 5.32 Å². The molecule has 3 rings (SSSR count). The third kappa shape index (κ3) is 2.09. The summed E-state index contributed by atoms with van der Waals surface area (Å²) in [5.41, 5.74) is 0. The van der Waals surface area contributed by atoms with Crippen LogP contribution in [-0.4, -0.2) is 45.8 Å². The van der Waals surface area contributed by atoms with Crippen molar-refractivity contribution in [2.75, 3.05) is 26.2 Å². The summed E-state index contributed by atoms with van der Waals surface area (Å²) in [5.74, 6) is 2.81. The van der Waals surface area contributed by atoms with Crippen molar-refractivity contribution < 1.29 is 0 Å². The first-order chi connectivity index (χ1) is 8.24. The Morgan fingerprint density at radius 1 is 1.35 bits per heavy atom. The zero-order chi connectivity index (χ0) is 11.8. The number of fused-ring (bicyclic) bond motifs is 1. The van der Waals surface area contributed by atoms with E-state index in [4.69, 9.17) is 0 Å². The molecule has 2 fully saturated rings. The first-order valence-corrected chi connectivity index (χ1v) is 6.55. The van der Waals surface area contributed by atoms with E-state index in [1.54, 1.807) is 6.33 Å². The van der Waals surface area contributed by atoms with Crippen LogP contribution >= 0.6 is 0 Å². The smallest absolute Gasteiger partial charge is 0.141 e. The molecule has 2 saturated heterocycles. The fraction of sp³-hybridized carbons (Fsp3) is 0.833. The van der Waals surface area contributed by atoms with E-state index < -0.39 is 0 Å². The lowest BCUT2D eigenvalue weighted by atomic mass is 10.0. The minimum atomic E-state index is 0.399. The summed E-state index contributed by atoms with van der Waals surface area (Å²) < 4.78 is 2.03. The van der Waals surface area contributed by atoms with Crippen LogP contribution in [0.25, 0.3) is 0 Å². The molecule has 1 aromatic heterocycles. The highest BCUT2D eigenvalue weighted by atomic mass is 15.4. The Morgan fingerprint density at radius 2 is 2.06 bits per heavy atom. The summed E-state index contributed by atoms with van der Waals surface area (Å²) in [7, 11) is 0. The van der Waals surface area contributed by atoms with Crippen molar-refractivity contribution >= 4 is 0 Å². The maximum absolute atomic E-state index is 4.39. The van der Waals surface area contributed by atoms with E-state index >= 15 is 0 Å². The van der Waals surface area contributed by atoms with Gasteiger partial charge in [-0.3, -0.25) is 4.90 Å². The molecule has 1 aromatic rings. The van der Waals surface area contributed by atoms with Gasteiger partial charge in [-0.15, -0.1) is 0 Å². The molecule has 0 aliphatic carbocycles. The maximum Gasteiger partial charge on any atom is 0.141 e. The summed E-state index contributed by atoms with van der Waals surface area (Å²) in [4.78, 5) is 6.92. The zero-order valence-electron chi connectivity index (χ0n) is 10.6. The average Bonchev–Trinajstić information content (AvgIpc) is 2.91. The highest BCUT2D eigenvalue weighted by Gasteiger charge is 2.36. The SMILES string of the molecule is CC(C)n1ncnc1CN1C[C@H]2CNC[C@H]2C1. The molecule has 5 nitrogen and oxygen atoms in total. The van der Waals surface area contributed by atoms with Gasteiger partial charge in [0.25, 0.3) is 0 Å². The van der Waals surface area contributed by atoms with Gasteiger partial charge in [0, 0.05) is 19.1 Å². The number of likely N-dealkylation sites (tertiary alicyclic amines) is 1. The van der Waals surface area contributed by atoms with Gasteiger partial charge in [-0.05, 0) is 38.8 Å². The van der Waals surface area contributed by atoms with Crippen LogP contribution in [0.5, 0.6) is 0 Å². The van der Waals surface area contributed by atoms with Crippen molar-refractivity contribution in [3.8, 4) is 0 Å². The van der Waals surface area contributed by atoms with Gasteiger partial charge in [0.15, 0.2) is 0 Å². The van der Waals surface area contributed by atoms with Crippen LogP contribution in [0.1, 0.15) is 25.7 Å². The monoisotopic (exact) mass is 235 g/mol. The Bertz CT molecular complexity index is 374. The normalized spacial score (nSPS) is 29.1.